The molecule has 0 radical (unpaired) electrons. The number of thiophene rings is 1. The molecule has 1 aliphatic heterocycles. The van der Waals surface area contributed by atoms with E-state index in [4.69, 9.17) is 9.47 Å². The molecular formula is C19H18FN3O3S. The van der Waals surface area contributed by atoms with Gasteiger partial charge in [0.2, 0.25) is 0 Å². The summed E-state index contributed by atoms with van der Waals surface area (Å²) >= 11 is 1.28. The number of benzene rings is 1. The van der Waals surface area contributed by atoms with Crippen molar-refractivity contribution in [3.63, 3.8) is 0 Å². The zero-order chi connectivity index (χ0) is 19.1. The molecule has 2 aromatic heterocycles. The Morgan fingerprint density at radius 2 is 2.19 bits per heavy atom. The van der Waals surface area contributed by atoms with Crippen LogP contribution >= 0.6 is 11.3 Å². The minimum absolute atomic E-state index is 0.150. The van der Waals surface area contributed by atoms with Crippen LogP contribution in [0.15, 0.2) is 18.2 Å². The van der Waals surface area contributed by atoms with Gasteiger partial charge in [-0.25, -0.2) is 19.2 Å². The van der Waals surface area contributed by atoms with Crippen LogP contribution in [0.5, 0.6) is 5.75 Å². The topological polar surface area (TPSA) is 73.3 Å². The highest BCUT2D eigenvalue weighted by Crippen LogP contribution is 2.39. The predicted octanol–water partition coefficient (Wildman–Crippen LogP) is 4.17. The van der Waals surface area contributed by atoms with Gasteiger partial charge in [0.05, 0.1) is 25.1 Å². The number of nitrogens with one attached hydrogen (secondary N) is 1. The molecule has 3 heterocycles. The second-order valence-electron chi connectivity index (χ2n) is 6.36. The van der Waals surface area contributed by atoms with Crippen molar-refractivity contribution in [1.82, 2.24) is 9.97 Å². The van der Waals surface area contributed by atoms with Crippen LogP contribution in [0.4, 0.5) is 10.2 Å². The molecule has 0 bridgehead atoms. The Bertz CT molecular complexity index is 1050. The first kappa shape index (κ1) is 17.7. The fraction of sp³-hybridized carbons (Fsp3) is 0.316. The van der Waals surface area contributed by atoms with E-state index in [-0.39, 0.29) is 11.9 Å². The Morgan fingerprint density at radius 1 is 1.37 bits per heavy atom. The molecule has 27 heavy (non-hydrogen) atoms. The number of fused-ring (bicyclic) bond motifs is 2. The molecule has 1 unspecified atom stereocenters. The normalized spacial score (nSPS) is 15.9. The van der Waals surface area contributed by atoms with E-state index in [0.717, 1.165) is 21.3 Å². The zero-order valence-corrected chi connectivity index (χ0v) is 15.9. The first-order chi connectivity index (χ1) is 13.0. The van der Waals surface area contributed by atoms with E-state index >= 15 is 0 Å². The van der Waals surface area contributed by atoms with Crippen LogP contribution in [0.25, 0.3) is 10.2 Å². The smallest absolute Gasteiger partial charge is 0.348 e. The van der Waals surface area contributed by atoms with Crippen molar-refractivity contribution in [2.45, 2.75) is 26.3 Å². The lowest BCUT2D eigenvalue weighted by molar-refractivity contribution is 0.0605. The molecule has 1 aromatic carbocycles. The molecule has 3 aromatic rings. The lowest BCUT2D eigenvalue weighted by atomic mass is 10.00. The van der Waals surface area contributed by atoms with Crippen LogP contribution in [0.3, 0.4) is 0 Å². The van der Waals surface area contributed by atoms with Crippen LogP contribution in [-0.2, 0) is 4.74 Å². The third kappa shape index (κ3) is 3.10. The lowest BCUT2D eigenvalue weighted by Gasteiger charge is -2.27. The Kier molecular flexibility index (Phi) is 4.43. The maximum atomic E-state index is 13.8. The number of aromatic nitrogens is 2. The third-order valence-electron chi connectivity index (χ3n) is 4.60. The first-order valence-corrected chi connectivity index (χ1v) is 9.34. The summed E-state index contributed by atoms with van der Waals surface area (Å²) in [4.78, 5) is 22.3. The molecule has 6 nitrogen and oxygen atoms in total. The molecule has 1 atom stereocenters. The SMILES string of the molecule is COC(=O)c1sc2nc(C)nc(NC3CCOc4ccc(F)cc43)c2c1C. The summed E-state index contributed by atoms with van der Waals surface area (Å²) in [6.45, 7) is 4.18. The molecule has 0 saturated carbocycles. The van der Waals surface area contributed by atoms with E-state index in [1.165, 1.54) is 30.6 Å². The molecule has 8 heteroatoms. The molecule has 0 fully saturated rings. The van der Waals surface area contributed by atoms with Crippen molar-refractivity contribution in [2.24, 2.45) is 0 Å². The number of nitrogens with zero attached hydrogens (tertiary/aromatic N) is 2. The van der Waals surface area contributed by atoms with Gasteiger partial charge in [0.15, 0.2) is 0 Å². The quantitative estimate of drug-likeness (QED) is 0.680. The number of methoxy groups -OCH3 is 1. The highest BCUT2D eigenvalue weighted by molar-refractivity contribution is 7.20. The molecule has 4 rings (SSSR count). The average Bonchev–Trinajstić information content (AvgIpc) is 2.98. The van der Waals surface area contributed by atoms with Crippen molar-refractivity contribution < 1.29 is 18.7 Å². The van der Waals surface area contributed by atoms with Gasteiger partial charge in [-0.2, -0.15) is 0 Å². The molecule has 0 spiro atoms. The fourth-order valence-electron chi connectivity index (χ4n) is 3.32. The Morgan fingerprint density at radius 3 is 2.96 bits per heavy atom. The molecule has 1 N–H and O–H groups in total. The number of hydrogen-bond acceptors (Lipinski definition) is 7. The minimum atomic E-state index is -0.391. The van der Waals surface area contributed by atoms with E-state index in [9.17, 15) is 9.18 Å². The largest absolute Gasteiger partial charge is 0.493 e. The summed E-state index contributed by atoms with van der Waals surface area (Å²) in [5, 5.41) is 4.20. The Hall–Kier alpha value is -2.74. The minimum Gasteiger partial charge on any atom is -0.493 e. The number of anilines is 1. The van der Waals surface area contributed by atoms with Crippen molar-refractivity contribution in [2.75, 3.05) is 19.0 Å². The van der Waals surface area contributed by atoms with Gasteiger partial charge in [0.1, 0.15) is 32.9 Å². The van der Waals surface area contributed by atoms with Crippen LogP contribution in [0.1, 0.15) is 39.1 Å². The van der Waals surface area contributed by atoms with Crippen molar-refractivity contribution in [3.8, 4) is 5.75 Å². The number of esters is 1. The van der Waals surface area contributed by atoms with Crippen molar-refractivity contribution in [3.05, 3.63) is 45.8 Å². The zero-order valence-electron chi connectivity index (χ0n) is 15.1. The van der Waals surface area contributed by atoms with E-state index in [1.807, 2.05) is 6.92 Å². The van der Waals surface area contributed by atoms with Crippen LogP contribution in [0, 0.1) is 19.7 Å². The van der Waals surface area contributed by atoms with Crippen LogP contribution in [0.2, 0.25) is 0 Å². The molecule has 0 aliphatic carbocycles. The Labute approximate surface area is 159 Å². The van der Waals surface area contributed by atoms with Crippen LogP contribution in [-0.4, -0.2) is 29.7 Å². The highest BCUT2D eigenvalue weighted by Gasteiger charge is 2.25. The molecule has 0 amide bonds. The van der Waals surface area contributed by atoms with Gasteiger partial charge in [-0.1, -0.05) is 0 Å². The average molecular weight is 387 g/mol. The van der Waals surface area contributed by atoms with E-state index in [2.05, 4.69) is 15.3 Å². The van der Waals surface area contributed by atoms with E-state index in [1.54, 1.807) is 13.0 Å². The predicted molar refractivity (Wildman–Crippen MR) is 101 cm³/mol. The number of carbonyl (C=O) groups excluding carboxylic acids is 1. The van der Waals surface area contributed by atoms with Gasteiger partial charge in [-0.15, -0.1) is 11.3 Å². The third-order valence-corrected chi connectivity index (χ3v) is 5.76. The van der Waals surface area contributed by atoms with E-state index < -0.39 is 5.97 Å². The maximum absolute atomic E-state index is 13.8. The number of carbonyl (C=O) groups is 1. The van der Waals surface area contributed by atoms with Crippen LogP contribution < -0.4 is 10.1 Å². The maximum Gasteiger partial charge on any atom is 0.348 e. The van der Waals surface area contributed by atoms with E-state index in [0.29, 0.717) is 35.3 Å². The van der Waals surface area contributed by atoms with Crippen molar-refractivity contribution >= 4 is 33.3 Å². The number of rotatable bonds is 3. The van der Waals surface area contributed by atoms with Gasteiger partial charge in [-0.3, -0.25) is 0 Å². The number of hydrogen-bond donors (Lipinski definition) is 1. The van der Waals surface area contributed by atoms with Gasteiger partial charge >= 0.3 is 5.97 Å². The second-order valence-corrected chi connectivity index (χ2v) is 7.36. The number of halogens is 1. The molecular weight excluding hydrogens is 369 g/mol. The summed E-state index contributed by atoms with van der Waals surface area (Å²) in [6.07, 6.45) is 0.675. The standard InChI is InChI=1S/C19H18FN3O3S/c1-9-15-17(21-10(2)22-18(15)27-16(9)19(24)25-3)23-13-6-7-26-14-5-4-11(20)8-12(13)14/h4-5,8,13H,6-7H2,1-3H3,(H,21,22,23). The summed E-state index contributed by atoms with van der Waals surface area (Å²) in [5.41, 5.74) is 1.53. The summed E-state index contributed by atoms with van der Waals surface area (Å²) in [7, 11) is 1.36. The van der Waals surface area contributed by atoms with Crippen molar-refractivity contribution in [1.29, 1.82) is 0 Å². The Balaban J connectivity index is 1.80. The molecule has 1 aliphatic rings. The first-order valence-electron chi connectivity index (χ1n) is 8.52. The molecule has 140 valence electrons. The monoisotopic (exact) mass is 387 g/mol. The molecule has 0 saturated heterocycles. The highest BCUT2D eigenvalue weighted by atomic mass is 32.1. The lowest BCUT2D eigenvalue weighted by Crippen LogP contribution is -2.21. The summed E-state index contributed by atoms with van der Waals surface area (Å²) in [5.74, 6) is 1.18. The van der Waals surface area contributed by atoms with Gasteiger partial charge < -0.3 is 14.8 Å². The summed E-state index contributed by atoms with van der Waals surface area (Å²) < 4.78 is 24.3. The number of ether oxygens (including phenoxy) is 2. The fourth-order valence-corrected chi connectivity index (χ4v) is 4.46. The van der Waals surface area contributed by atoms with Gasteiger partial charge in [0.25, 0.3) is 0 Å². The number of aryl methyl sites for hydroxylation is 2. The second kappa shape index (κ2) is 6.77. The summed E-state index contributed by atoms with van der Waals surface area (Å²) in [6, 6.07) is 4.37. The van der Waals surface area contributed by atoms with Gasteiger partial charge in [-0.05, 0) is 37.6 Å². The van der Waals surface area contributed by atoms with Gasteiger partial charge in [0, 0.05) is 12.0 Å².